The molecule has 0 N–H and O–H groups in total. The highest BCUT2D eigenvalue weighted by molar-refractivity contribution is 8.00. The number of anilines is 1. The van der Waals surface area contributed by atoms with Crippen molar-refractivity contribution in [3.05, 3.63) is 58.4 Å². The van der Waals surface area contributed by atoms with E-state index >= 15 is 0 Å². The van der Waals surface area contributed by atoms with Crippen molar-refractivity contribution < 1.29 is 31.1 Å². The first-order valence-corrected chi connectivity index (χ1v) is 10.3. The van der Waals surface area contributed by atoms with Crippen molar-refractivity contribution in [2.45, 2.75) is 23.3 Å². The average Bonchev–Trinajstić information content (AvgIpc) is 2.69. The minimum Gasteiger partial charge on any atom is -0.366 e. The molecule has 1 heterocycles. The second kappa shape index (κ2) is 8.82. The van der Waals surface area contributed by atoms with E-state index in [1.165, 1.54) is 11.8 Å². The zero-order valence-electron chi connectivity index (χ0n) is 16.1. The van der Waals surface area contributed by atoms with Gasteiger partial charge in [0.05, 0.1) is 5.69 Å². The van der Waals surface area contributed by atoms with Crippen LogP contribution >= 0.6 is 23.4 Å². The molecule has 0 unspecified atom stereocenters. The molecule has 1 fully saturated rings. The summed E-state index contributed by atoms with van der Waals surface area (Å²) in [5, 5.41) is -4.52. The summed E-state index contributed by atoms with van der Waals surface area (Å²) >= 11 is 5.16. The topological polar surface area (TPSA) is 23.6 Å². The van der Waals surface area contributed by atoms with Crippen LogP contribution in [0.15, 0.2) is 41.3 Å². The van der Waals surface area contributed by atoms with Crippen molar-refractivity contribution in [3.8, 4) is 0 Å². The van der Waals surface area contributed by atoms with Gasteiger partial charge in [0.25, 0.3) is 5.91 Å². The van der Waals surface area contributed by atoms with Crippen LogP contribution in [0.1, 0.15) is 15.9 Å². The number of carbonyl (C=O) groups is 1. The Labute approximate surface area is 184 Å². The van der Waals surface area contributed by atoms with Gasteiger partial charge in [-0.05, 0) is 60.6 Å². The lowest BCUT2D eigenvalue weighted by molar-refractivity contribution is -0.237. The van der Waals surface area contributed by atoms with Crippen molar-refractivity contribution in [1.29, 1.82) is 0 Å². The molecule has 0 aliphatic carbocycles. The lowest BCUT2D eigenvalue weighted by Gasteiger charge is -2.36. The number of halogens is 7. The van der Waals surface area contributed by atoms with Crippen LogP contribution in [0.25, 0.3) is 0 Å². The summed E-state index contributed by atoms with van der Waals surface area (Å²) in [5.74, 6) is -0.962. The fourth-order valence-corrected chi connectivity index (χ4v) is 4.02. The van der Waals surface area contributed by atoms with Crippen LogP contribution in [-0.4, -0.2) is 48.4 Å². The van der Waals surface area contributed by atoms with Gasteiger partial charge in [-0.15, -0.1) is 0 Å². The maximum absolute atomic E-state index is 14.5. The summed E-state index contributed by atoms with van der Waals surface area (Å²) in [6.07, 6.45) is -5.73. The van der Waals surface area contributed by atoms with Crippen molar-refractivity contribution in [2.75, 3.05) is 31.1 Å². The molecule has 11 heteroatoms. The highest BCUT2D eigenvalue weighted by Gasteiger charge is 2.58. The van der Waals surface area contributed by atoms with Crippen molar-refractivity contribution in [1.82, 2.24) is 4.90 Å². The molecule has 2 aromatic carbocycles. The van der Waals surface area contributed by atoms with E-state index < -0.39 is 29.0 Å². The van der Waals surface area contributed by atoms with Crippen LogP contribution in [0.5, 0.6) is 0 Å². The van der Waals surface area contributed by atoms with Gasteiger partial charge in [0.1, 0.15) is 5.82 Å². The van der Waals surface area contributed by atoms with Crippen LogP contribution in [0.4, 0.5) is 32.0 Å². The Morgan fingerprint density at radius 1 is 1.00 bits per heavy atom. The number of hydrogen-bond donors (Lipinski definition) is 0. The monoisotopic (exact) mass is 482 g/mol. The molecule has 1 saturated heterocycles. The van der Waals surface area contributed by atoms with Gasteiger partial charge < -0.3 is 9.80 Å². The lowest BCUT2D eigenvalue weighted by Crippen LogP contribution is -2.49. The minimum absolute atomic E-state index is 0.0215. The number of piperazine rings is 1. The van der Waals surface area contributed by atoms with E-state index in [1.54, 1.807) is 29.2 Å². The van der Waals surface area contributed by atoms with Gasteiger partial charge in [-0.3, -0.25) is 4.79 Å². The first kappa shape index (κ1) is 23.6. The van der Waals surface area contributed by atoms with E-state index in [9.17, 15) is 31.1 Å². The lowest BCUT2D eigenvalue weighted by atomic mass is 10.1. The van der Waals surface area contributed by atoms with E-state index in [0.29, 0.717) is 10.6 Å². The Morgan fingerprint density at radius 3 is 2.13 bits per heavy atom. The van der Waals surface area contributed by atoms with E-state index in [4.69, 9.17) is 11.6 Å². The summed E-state index contributed by atoms with van der Waals surface area (Å²) in [5.41, 5.74) is 0.337. The fourth-order valence-electron chi connectivity index (χ4n) is 3.12. The van der Waals surface area contributed by atoms with Crippen molar-refractivity contribution in [3.63, 3.8) is 0 Å². The predicted molar refractivity (Wildman–Crippen MR) is 108 cm³/mol. The van der Waals surface area contributed by atoms with Gasteiger partial charge in [-0.2, -0.15) is 22.0 Å². The Hall–Kier alpha value is -2.07. The number of amides is 1. The van der Waals surface area contributed by atoms with Gasteiger partial charge in [0, 0.05) is 41.7 Å². The Bertz CT molecular complexity index is 959. The molecule has 0 atom stereocenters. The highest BCUT2D eigenvalue weighted by Crippen LogP contribution is 2.49. The quantitative estimate of drug-likeness (QED) is 0.394. The standard InChI is InChI=1S/C20H17ClF6N2OS/c1-12-10-15(22)16(11-17(12)31-20(26,27)19(23,24)25)28-6-8-29(9-7-28)18(30)13-2-4-14(21)5-3-13/h2-5,10-11H,6-9H2,1H3. The molecule has 3 nitrogen and oxygen atoms in total. The highest BCUT2D eigenvalue weighted by atomic mass is 35.5. The average molecular weight is 483 g/mol. The molecule has 0 spiro atoms. The Morgan fingerprint density at radius 2 is 1.58 bits per heavy atom. The van der Waals surface area contributed by atoms with Crippen LogP contribution in [0.3, 0.4) is 0 Å². The Balaban J connectivity index is 1.74. The van der Waals surface area contributed by atoms with Gasteiger partial charge in [0.2, 0.25) is 0 Å². The molecule has 168 valence electrons. The smallest absolute Gasteiger partial charge is 0.366 e. The number of thioether (sulfide) groups is 1. The Kier molecular flexibility index (Phi) is 6.71. The summed E-state index contributed by atoms with van der Waals surface area (Å²) in [7, 11) is 0. The number of rotatable bonds is 4. The normalized spacial score (nSPS) is 15.4. The first-order chi connectivity index (χ1) is 14.4. The third-order valence-corrected chi connectivity index (χ3v) is 6.21. The summed E-state index contributed by atoms with van der Waals surface area (Å²) in [6, 6.07) is 8.29. The number of nitrogens with zero attached hydrogens (tertiary/aromatic N) is 2. The maximum Gasteiger partial charge on any atom is 0.464 e. The number of hydrogen-bond acceptors (Lipinski definition) is 3. The van der Waals surface area contributed by atoms with E-state index in [1.807, 2.05) is 0 Å². The predicted octanol–water partition coefficient (Wildman–Crippen LogP) is 6.00. The molecule has 1 aliphatic heterocycles. The summed E-state index contributed by atoms with van der Waals surface area (Å²) in [4.78, 5) is 15.3. The first-order valence-electron chi connectivity index (χ1n) is 9.12. The molecule has 1 amide bonds. The molecule has 0 aromatic heterocycles. The third kappa shape index (κ3) is 5.23. The molecular formula is C20H17ClF6N2OS. The van der Waals surface area contributed by atoms with Crippen molar-refractivity contribution >= 4 is 35.0 Å². The van der Waals surface area contributed by atoms with Crippen LogP contribution < -0.4 is 4.90 Å². The van der Waals surface area contributed by atoms with Crippen LogP contribution in [0.2, 0.25) is 5.02 Å². The molecule has 0 radical (unpaired) electrons. The molecule has 0 bridgehead atoms. The number of carbonyl (C=O) groups excluding carboxylic acids is 1. The van der Waals surface area contributed by atoms with E-state index in [0.717, 1.165) is 12.1 Å². The zero-order chi connectivity index (χ0) is 23.0. The van der Waals surface area contributed by atoms with Gasteiger partial charge in [0.15, 0.2) is 0 Å². The van der Waals surface area contributed by atoms with Crippen molar-refractivity contribution in [2.24, 2.45) is 0 Å². The fraction of sp³-hybridized carbons (Fsp3) is 0.350. The van der Waals surface area contributed by atoms with Gasteiger partial charge in [-0.25, -0.2) is 4.39 Å². The number of aryl methyl sites for hydroxylation is 1. The minimum atomic E-state index is -5.73. The molecule has 0 saturated carbocycles. The molecule has 1 aliphatic rings. The van der Waals surface area contributed by atoms with Gasteiger partial charge >= 0.3 is 11.4 Å². The van der Waals surface area contributed by atoms with Crippen LogP contribution in [-0.2, 0) is 0 Å². The number of benzene rings is 2. The van der Waals surface area contributed by atoms with Gasteiger partial charge in [-0.1, -0.05) is 11.6 Å². The largest absolute Gasteiger partial charge is 0.464 e. The van der Waals surface area contributed by atoms with E-state index in [-0.39, 0.29) is 48.2 Å². The number of alkyl halides is 5. The second-order valence-corrected chi connectivity index (χ2v) is 8.56. The molecule has 31 heavy (non-hydrogen) atoms. The zero-order valence-corrected chi connectivity index (χ0v) is 17.7. The molecule has 2 aromatic rings. The SMILES string of the molecule is Cc1cc(F)c(N2CCN(C(=O)c3ccc(Cl)cc3)CC2)cc1SC(F)(F)C(F)(F)F. The summed E-state index contributed by atoms with van der Waals surface area (Å²) in [6.45, 7) is 2.12. The second-order valence-electron chi connectivity index (χ2n) is 6.97. The van der Waals surface area contributed by atoms with E-state index in [2.05, 4.69) is 0 Å². The maximum atomic E-state index is 14.5. The van der Waals surface area contributed by atoms with Crippen LogP contribution in [0, 0.1) is 12.7 Å². The third-order valence-electron chi connectivity index (χ3n) is 4.81. The molecular weight excluding hydrogens is 466 g/mol. The molecule has 3 rings (SSSR count). The summed E-state index contributed by atoms with van der Waals surface area (Å²) < 4.78 is 79.1.